The molecule has 2 fully saturated rings. The maximum Gasteiger partial charge on any atom is 0.326 e. The van der Waals surface area contributed by atoms with Gasteiger partial charge in [-0.3, -0.25) is 18.8 Å². The molecule has 12 heteroatoms. The molecule has 2 aliphatic carbocycles. The van der Waals surface area contributed by atoms with Crippen molar-refractivity contribution in [2.24, 2.45) is 37.8 Å². The van der Waals surface area contributed by atoms with Crippen LogP contribution >= 0.6 is 0 Å². The molecule has 2 aliphatic heterocycles. The molecule has 2 unspecified atom stereocenters. The molecule has 4 aliphatic rings. The maximum absolute atomic E-state index is 13.2. The van der Waals surface area contributed by atoms with Gasteiger partial charge >= 0.3 is 5.97 Å². The molecule has 2 aromatic carbocycles. The molecule has 61 heavy (non-hydrogen) atoms. The van der Waals surface area contributed by atoms with E-state index in [-0.39, 0.29) is 30.4 Å². The smallest absolute Gasteiger partial charge is 0.326 e. The van der Waals surface area contributed by atoms with Crippen molar-refractivity contribution in [1.82, 2.24) is 18.9 Å². The Bertz CT molecular complexity index is 2250. The van der Waals surface area contributed by atoms with E-state index in [2.05, 4.69) is 23.2 Å². The average molecular weight is 841 g/mol. The number of carboxylic acid groups (broad SMARTS) is 1. The van der Waals surface area contributed by atoms with Crippen LogP contribution in [0.5, 0.6) is 0 Å². The van der Waals surface area contributed by atoms with Gasteiger partial charge in [0.1, 0.15) is 6.04 Å². The van der Waals surface area contributed by atoms with Crippen LogP contribution in [0.3, 0.4) is 0 Å². The van der Waals surface area contributed by atoms with Crippen LogP contribution in [0.4, 0.5) is 4.39 Å². The molecule has 0 spiro atoms. The first-order valence-electron chi connectivity index (χ1n) is 22.5. The van der Waals surface area contributed by atoms with Crippen molar-refractivity contribution in [2.75, 3.05) is 47.2 Å². The highest BCUT2D eigenvalue weighted by atomic mass is 19.1. The van der Waals surface area contributed by atoms with Crippen LogP contribution in [0.2, 0.25) is 0 Å². The van der Waals surface area contributed by atoms with Crippen LogP contribution in [0.25, 0.3) is 21.8 Å². The lowest BCUT2D eigenvalue weighted by Crippen LogP contribution is -2.40. The summed E-state index contributed by atoms with van der Waals surface area (Å²) >= 11 is 0. The van der Waals surface area contributed by atoms with Gasteiger partial charge in [-0.1, -0.05) is 0 Å². The SMILES string of the molecule is C[C@H](C(=O)CCCF)N(C)C(=O)c1ccc2c(c1)c1c(n2C)CCC(C2CCOCC2)C1.C[C@H](C(=O)O)N(C)C(=O)c1ccc2c(c1)c1c(n2C)CCC(C2CCOCC2)C1. The van der Waals surface area contributed by atoms with Gasteiger partial charge in [-0.15, -0.1) is 0 Å². The summed E-state index contributed by atoms with van der Waals surface area (Å²) in [6.07, 6.45) is 11.6. The van der Waals surface area contributed by atoms with E-state index in [0.29, 0.717) is 23.0 Å². The number of aliphatic carboxylic acids is 1. The van der Waals surface area contributed by atoms with Crippen LogP contribution < -0.4 is 0 Å². The third-order valence-electron chi connectivity index (χ3n) is 14.9. The van der Waals surface area contributed by atoms with Crippen molar-refractivity contribution in [3.05, 3.63) is 70.0 Å². The van der Waals surface area contributed by atoms with Crippen LogP contribution in [-0.2, 0) is 58.8 Å². The molecule has 4 aromatic rings. The predicted molar refractivity (Wildman–Crippen MR) is 235 cm³/mol. The van der Waals surface area contributed by atoms with Gasteiger partial charge < -0.3 is 33.5 Å². The van der Waals surface area contributed by atoms with Gasteiger partial charge in [-0.25, -0.2) is 4.79 Å². The van der Waals surface area contributed by atoms with E-state index in [0.717, 1.165) is 111 Å². The van der Waals surface area contributed by atoms with E-state index in [4.69, 9.17) is 9.47 Å². The summed E-state index contributed by atoms with van der Waals surface area (Å²) in [4.78, 5) is 52.4. The summed E-state index contributed by atoms with van der Waals surface area (Å²) in [7, 11) is 7.43. The average Bonchev–Trinajstić information content (AvgIpc) is 3.75. The Morgan fingerprint density at radius 2 is 1.11 bits per heavy atom. The number of likely N-dealkylation sites (N-methyl/N-ethyl adjacent to an activating group) is 2. The molecule has 4 atom stereocenters. The minimum Gasteiger partial charge on any atom is -0.480 e. The number of amides is 2. The molecule has 0 bridgehead atoms. The number of carbonyl (C=O) groups excluding carboxylic acids is 3. The van der Waals surface area contributed by atoms with Crippen molar-refractivity contribution >= 4 is 45.4 Å². The number of Topliss-reactive ketones (excluding diaryl/α,β-unsaturated/α-hetero) is 1. The molecule has 0 radical (unpaired) electrons. The second-order valence-electron chi connectivity index (χ2n) is 18.1. The lowest BCUT2D eigenvalue weighted by atomic mass is 9.75. The van der Waals surface area contributed by atoms with Gasteiger partial charge in [0.15, 0.2) is 5.78 Å². The van der Waals surface area contributed by atoms with Gasteiger partial charge in [-0.05, 0) is 156 Å². The summed E-state index contributed by atoms with van der Waals surface area (Å²) in [6.45, 7) is 6.22. The normalized spacial score (nSPS) is 20.6. The number of aromatic nitrogens is 2. The zero-order chi connectivity index (χ0) is 43.5. The van der Waals surface area contributed by atoms with E-state index in [1.807, 2.05) is 36.4 Å². The molecular formula is C49H65FN4O7. The number of fused-ring (bicyclic) bond motifs is 6. The van der Waals surface area contributed by atoms with Crippen molar-refractivity contribution in [2.45, 2.75) is 103 Å². The highest BCUT2D eigenvalue weighted by molar-refractivity contribution is 6.02. The fraction of sp³-hybridized carbons (Fsp3) is 0.592. The van der Waals surface area contributed by atoms with Crippen molar-refractivity contribution in [3.63, 3.8) is 0 Å². The Morgan fingerprint density at radius 3 is 1.52 bits per heavy atom. The largest absolute Gasteiger partial charge is 0.480 e. The van der Waals surface area contributed by atoms with E-state index >= 15 is 0 Å². The second kappa shape index (κ2) is 19.2. The van der Waals surface area contributed by atoms with Gasteiger partial charge in [0, 0.05) is 105 Å². The molecule has 0 saturated carbocycles. The number of ketones is 1. The van der Waals surface area contributed by atoms with E-state index in [1.165, 1.54) is 52.1 Å². The number of ether oxygens (including phenoxy) is 2. The Hall–Kier alpha value is -4.55. The van der Waals surface area contributed by atoms with Gasteiger partial charge in [0.25, 0.3) is 11.8 Å². The van der Waals surface area contributed by atoms with Gasteiger partial charge in [0.2, 0.25) is 0 Å². The fourth-order valence-corrected chi connectivity index (χ4v) is 10.6. The number of hydrogen-bond acceptors (Lipinski definition) is 6. The number of carboxylic acids is 1. The molecule has 4 heterocycles. The van der Waals surface area contributed by atoms with Crippen LogP contribution in [-0.4, -0.2) is 107 Å². The number of benzene rings is 2. The zero-order valence-electron chi connectivity index (χ0n) is 37.0. The Balaban J connectivity index is 0.000000185. The lowest BCUT2D eigenvalue weighted by molar-refractivity contribution is -0.141. The topological polar surface area (TPSA) is 123 Å². The zero-order valence-corrected chi connectivity index (χ0v) is 37.0. The molecule has 330 valence electrons. The molecular weight excluding hydrogens is 776 g/mol. The van der Waals surface area contributed by atoms with Crippen molar-refractivity contribution < 1.29 is 38.1 Å². The monoisotopic (exact) mass is 840 g/mol. The number of rotatable bonds is 11. The minimum absolute atomic E-state index is 0.101. The first-order chi connectivity index (χ1) is 29.3. The number of carbonyl (C=O) groups is 4. The summed E-state index contributed by atoms with van der Waals surface area (Å²) in [6, 6.07) is 10.3. The number of aryl methyl sites for hydroxylation is 2. The van der Waals surface area contributed by atoms with Crippen LogP contribution in [0, 0.1) is 23.7 Å². The van der Waals surface area contributed by atoms with E-state index in [9.17, 15) is 28.7 Å². The fourth-order valence-electron chi connectivity index (χ4n) is 10.6. The van der Waals surface area contributed by atoms with Crippen LogP contribution in [0.15, 0.2) is 36.4 Å². The number of alkyl halides is 1. The van der Waals surface area contributed by atoms with Crippen molar-refractivity contribution in [1.29, 1.82) is 0 Å². The third kappa shape index (κ3) is 9.17. The number of hydrogen-bond donors (Lipinski definition) is 1. The highest BCUT2D eigenvalue weighted by Gasteiger charge is 2.33. The summed E-state index contributed by atoms with van der Waals surface area (Å²) < 4.78 is 28.1. The summed E-state index contributed by atoms with van der Waals surface area (Å²) in [5.74, 6) is 1.27. The third-order valence-corrected chi connectivity index (χ3v) is 14.9. The molecule has 2 saturated heterocycles. The standard InChI is InChI=1S/C26H35FN2O3.C23H30N2O4/c1-17(25(30)5-4-12-27)28(2)26(31)20-7-9-24-22(16-20)21-15-19(6-8-23(21)29(24)3)18-10-13-32-14-11-18;1-14(23(27)28)24(2)22(26)17-5-7-21-19(13-17)18-12-16(4-6-20(18)25(21)3)15-8-10-29-11-9-15/h7,9,16-19H,4-6,8,10-15H2,1-3H3;5,7,13-16H,4,6,8-12H2,1-3H3,(H,27,28)/t17-,19?;14-,16?/m11/s1. The van der Waals surface area contributed by atoms with Crippen LogP contribution in [0.1, 0.15) is 108 Å². The lowest BCUT2D eigenvalue weighted by Gasteiger charge is -2.33. The minimum atomic E-state index is -1.00. The maximum atomic E-state index is 13.2. The van der Waals surface area contributed by atoms with Gasteiger partial charge in [0.05, 0.1) is 12.7 Å². The molecule has 1 N–H and O–H groups in total. The molecule has 11 nitrogen and oxygen atoms in total. The second-order valence-corrected chi connectivity index (χ2v) is 18.1. The highest BCUT2D eigenvalue weighted by Crippen LogP contribution is 2.41. The Morgan fingerprint density at radius 1 is 0.689 bits per heavy atom. The van der Waals surface area contributed by atoms with E-state index < -0.39 is 24.7 Å². The Labute approximate surface area is 359 Å². The summed E-state index contributed by atoms with van der Waals surface area (Å²) in [5, 5.41) is 11.5. The van der Waals surface area contributed by atoms with Gasteiger partial charge in [-0.2, -0.15) is 0 Å². The first kappa shape index (κ1) is 44.5. The van der Waals surface area contributed by atoms with E-state index in [1.54, 1.807) is 21.0 Å². The number of halogens is 1. The van der Waals surface area contributed by atoms with Crippen molar-refractivity contribution in [3.8, 4) is 0 Å². The summed E-state index contributed by atoms with van der Waals surface area (Å²) in [5.41, 5.74) is 8.98. The molecule has 8 rings (SSSR count). The number of nitrogens with zero attached hydrogens (tertiary/aromatic N) is 4. The molecule has 2 aromatic heterocycles. The molecule has 2 amide bonds. The quantitative estimate of drug-likeness (QED) is 0.164. The Kier molecular flexibility index (Phi) is 14.0. The predicted octanol–water partition coefficient (Wildman–Crippen LogP) is 7.74. The first-order valence-corrected chi connectivity index (χ1v) is 22.5.